The SMILES string of the molecule is Cc1ccccc1OC(=O)NCC1(C)CC(NC(=O)O)CC(C)(C)C1. The molecule has 3 N–H and O–H groups in total. The van der Waals surface area contributed by atoms with Gasteiger partial charge in [-0.2, -0.15) is 0 Å². The summed E-state index contributed by atoms with van der Waals surface area (Å²) in [5.41, 5.74) is 0.704. The number of nitrogens with one attached hydrogen (secondary N) is 2. The third-order valence-corrected chi connectivity index (χ3v) is 4.73. The first-order valence-corrected chi connectivity index (χ1v) is 8.59. The average Bonchev–Trinajstić information content (AvgIpc) is 2.45. The lowest BCUT2D eigenvalue weighted by molar-refractivity contribution is 0.0695. The summed E-state index contributed by atoms with van der Waals surface area (Å²) in [6.45, 7) is 8.67. The van der Waals surface area contributed by atoms with Crippen LogP contribution >= 0.6 is 0 Å². The highest BCUT2D eigenvalue weighted by molar-refractivity contribution is 5.70. The van der Waals surface area contributed by atoms with Crippen LogP contribution in [0.3, 0.4) is 0 Å². The number of rotatable bonds is 4. The van der Waals surface area contributed by atoms with E-state index in [1.165, 1.54) is 0 Å². The third-order valence-electron chi connectivity index (χ3n) is 4.73. The molecule has 2 unspecified atom stereocenters. The maximum Gasteiger partial charge on any atom is 0.412 e. The molecule has 0 aliphatic heterocycles. The van der Waals surface area contributed by atoms with Crippen LogP contribution in [-0.2, 0) is 0 Å². The average molecular weight is 348 g/mol. The molecule has 2 atom stereocenters. The molecule has 0 bridgehead atoms. The topological polar surface area (TPSA) is 87.7 Å². The van der Waals surface area contributed by atoms with Crippen molar-refractivity contribution in [1.29, 1.82) is 0 Å². The molecule has 0 spiro atoms. The van der Waals surface area contributed by atoms with Gasteiger partial charge in [-0.3, -0.25) is 0 Å². The summed E-state index contributed by atoms with van der Waals surface area (Å²) >= 11 is 0. The maximum absolute atomic E-state index is 12.1. The molecule has 0 radical (unpaired) electrons. The van der Waals surface area contributed by atoms with Crippen molar-refractivity contribution in [1.82, 2.24) is 10.6 Å². The molecule has 1 aliphatic carbocycles. The van der Waals surface area contributed by atoms with Crippen LogP contribution in [0.15, 0.2) is 24.3 Å². The molecular formula is C19H28N2O4. The van der Waals surface area contributed by atoms with E-state index in [0.29, 0.717) is 18.7 Å². The molecule has 1 saturated carbocycles. The number of hydrogen-bond donors (Lipinski definition) is 3. The predicted octanol–water partition coefficient (Wildman–Crippen LogP) is 3.94. The van der Waals surface area contributed by atoms with Crippen molar-refractivity contribution in [3.05, 3.63) is 29.8 Å². The Labute approximate surface area is 149 Å². The van der Waals surface area contributed by atoms with Crippen LogP contribution in [-0.4, -0.2) is 29.9 Å². The molecule has 1 fully saturated rings. The van der Waals surface area contributed by atoms with E-state index in [2.05, 4.69) is 31.4 Å². The van der Waals surface area contributed by atoms with Gasteiger partial charge in [-0.05, 0) is 48.6 Å². The van der Waals surface area contributed by atoms with E-state index in [0.717, 1.165) is 18.4 Å². The molecule has 25 heavy (non-hydrogen) atoms. The van der Waals surface area contributed by atoms with Crippen molar-refractivity contribution in [3.63, 3.8) is 0 Å². The van der Waals surface area contributed by atoms with Gasteiger partial charge in [0.25, 0.3) is 0 Å². The van der Waals surface area contributed by atoms with E-state index in [1.54, 1.807) is 6.07 Å². The Balaban J connectivity index is 1.96. The highest BCUT2D eigenvalue weighted by Crippen LogP contribution is 2.45. The molecule has 1 aliphatic rings. The summed E-state index contributed by atoms with van der Waals surface area (Å²) in [7, 11) is 0. The van der Waals surface area contributed by atoms with Crippen molar-refractivity contribution < 1.29 is 19.4 Å². The first kappa shape index (κ1) is 19.1. The van der Waals surface area contributed by atoms with Gasteiger partial charge in [-0.15, -0.1) is 0 Å². The number of hydrogen-bond acceptors (Lipinski definition) is 3. The summed E-state index contributed by atoms with van der Waals surface area (Å²) < 4.78 is 5.36. The van der Waals surface area contributed by atoms with E-state index in [4.69, 9.17) is 9.84 Å². The summed E-state index contributed by atoms with van der Waals surface area (Å²) in [4.78, 5) is 23.1. The third kappa shape index (κ3) is 5.66. The van der Waals surface area contributed by atoms with Crippen LogP contribution in [0.1, 0.15) is 45.6 Å². The van der Waals surface area contributed by atoms with E-state index in [9.17, 15) is 9.59 Å². The summed E-state index contributed by atoms with van der Waals surface area (Å²) in [5, 5.41) is 14.5. The molecule has 138 valence electrons. The Bertz CT molecular complexity index is 644. The summed E-state index contributed by atoms with van der Waals surface area (Å²) in [5.74, 6) is 0.541. The molecule has 1 aromatic carbocycles. The van der Waals surface area contributed by atoms with Gasteiger partial charge in [0.05, 0.1) is 0 Å². The molecule has 2 amide bonds. The van der Waals surface area contributed by atoms with Crippen LogP contribution < -0.4 is 15.4 Å². The van der Waals surface area contributed by atoms with Gasteiger partial charge in [0.1, 0.15) is 5.75 Å². The number of benzene rings is 1. The normalized spacial score (nSPS) is 25.0. The fraction of sp³-hybridized carbons (Fsp3) is 0.579. The highest BCUT2D eigenvalue weighted by Gasteiger charge is 2.42. The second-order valence-electron chi connectivity index (χ2n) is 8.21. The van der Waals surface area contributed by atoms with Crippen molar-refractivity contribution in [2.24, 2.45) is 10.8 Å². The Hall–Kier alpha value is -2.24. The van der Waals surface area contributed by atoms with Crippen molar-refractivity contribution >= 4 is 12.2 Å². The zero-order chi connectivity index (χ0) is 18.7. The number of carboxylic acid groups (broad SMARTS) is 1. The molecule has 0 aromatic heterocycles. The minimum Gasteiger partial charge on any atom is -0.465 e. The Morgan fingerprint density at radius 1 is 1.24 bits per heavy atom. The monoisotopic (exact) mass is 348 g/mol. The molecular weight excluding hydrogens is 320 g/mol. The molecule has 1 aromatic rings. The lowest BCUT2D eigenvalue weighted by Gasteiger charge is -2.46. The van der Waals surface area contributed by atoms with E-state index >= 15 is 0 Å². The van der Waals surface area contributed by atoms with Gasteiger partial charge in [0.2, 0.25) is 0 Å². The van der Waals surface area contributed by atoms with Crippen LogP contribution in [0, 0.1) is 17.8 Å². The van der Waals surface area contributed by atoms with Crippen molar-refractivity contribution in [2.75, 3.05) is 6.54 Å². The highest BCUT2D eigenvalue weighted by atomic mass is 16.6. The first-order chi connectivity index (χ1) is 11.6. The van der Waals surface area contributed by atoms with Gasteiger partial charge in [0, 0.05) is 12.6 Å². The number of ether oxygens (including phenoxy) is 1. The van der Waals surface area contributed by atoms with Gasteiger partial charge in [-0.25, -0.2) is 9.59 Å². The molecule has 2 rings (SSSR count). The second-order valence-corrected chi connectivity index (χ2v) is 8.21. The van der Waals surface area contributed by atoms with Crippen LogP contribution in [0.5, 0.6) is 5.75 Å². The van der Waals surface area contributed by atoms with Crippen molar-refractivity contribution in [3.8, 4) is 5.75 Å². The van der Waals surface area contributed by atoms with Gasteiger partial charge in [-0.1, -0.05) is 39.0 Å². The Morgan fingerprint density at radius 2 is 1.92 bits per heavy atom. The number of carbonyl (C=O) groups is 2. The smallest absolute Gasteiger partial charge is 0.412 e. The fourth-order valence-electron chi connectivity index (χ4n) is 4.14. The standard InChI is InChI=1S/C19H28N2O4/c1-13-7-5-6-8-15(13)25-17(24)20-12-19(4)10-14(21-16(22)23)9-18(2,3)11-19/h5-8,14,21H,9-12H2,1-4H3,(H,20,24)(H,22,23). The minimum absolute atomic E-state index is 0.00171. The van der Waals surface area contributed by atoms with Gasteiger partial charge < -0.3 is 20.5 Å². The number of carbonyl (C=O) groups excluding carboxylic acids is 1. The minimum atomic E-state index is -1.00. The summed E-state index contributed by atoms with van der Waals surface area (Å²) in [6, 6.07) is 7.24. The molecule has 0 heterocycles. The number of aryl methyl sites for hydroxylation is 1. The maximum atomic E-state index is 12.1. The van der Waals surface area contributed by atoms with Gasteiger partial charge in [0.15, 0.2) is 0 Å². The number of amides is 2. The van der Waals surface area contributed by atoms with E-state index < -0.39 is 12.2 Å². The van der Waals surface area contributed by atoms with E-state index in [-0.39, 0.29) is 16.9 Å². The van der Waals surface area contributed by atoms with Crippen LogP contribution in [0.2, 0.25) is 0 Å². The Morgan fingerprint density at radius 3 is 2.56 bits per heavy atom. The zero-order valence-corrected chi connectivity index (χ0v) is 15.4. The largest absolute Gasteiger partial charge is 0.465 e. The van der Waals surface area contributed by atoms with Crippen LogP contribution in [0.25, 0.3) is 0 Å². The zero-order valence-electron chi connectivity index (χ0n) is 15.4. The Kier molecular flexibility index (Phi) is 5.60. The van der Waals surface area contributed by atoms with Gasteiger partial charge >= 0.3 is 12.2 Å². The fourth-order valence-corrected chi connectivity index (χ4v) is 4.14. The predicted molar refractivity (Wildman–Crippen MR) is 95.9 cm³/mol. The second kappa shape index (κ2) is 7.33. The lowest BCUT2D eigenvalue weighted by Crippen LogP contribution is -2.50. The number of para-hydroxylation sites is 1. The molecule has 0 saturated heterocycles. The first-order valence-electron chi connectivity index (χ1n) is 8.59. The molecule has 6 nitrogen and oxygen atoms in total. The molecule has 6 heteroatoms. The van der Waals surface area contributed by atoms with Crippen LogP contribution in [0.4, 0.5) is 9.59 Å². The lowest BCUT2D eigenvalue weighted by atomic mass is 9.62. The van der Waals surface area contributed by atoms with Crippen molar-refractivity contribution in [2.45, 2.75) is 53.0 Å². The quantitative estimate of drug-likeness (QED) is 0.769. The van der Waals surface area contributed by atoms with E-state index in [1.807, 2.05) is 25.1 Å². The summed E-state index contributed by atoms with van der Waals surface area (Å²) in [6.07, 6.45) is 0.900.